The van der Waals surface area contributed by atoms with Crippen LogP contribution in [-0.4, -0.2) is 76.4 Å². The van der Waals surface area contributed by atoms with Crippen LogP contribution < -0.4 is 16.0 Å². The van der Waals surface area contributed by atoms with Gasteiger partial charge in [0.25, 0.3) is 17.7 Å². The first kappa shape index (κ1) is 27.8. The summed E-state index contributed by atoms with van der Waals surface area (Å²) in [4.78, 5) is 49.3. The number of alkyl halides is 1. The van der Waals surface area contributed by atoms with Crippen LogP contribution in [-0.2, 0) is 4.74 Å². The van der Waals surface area contributed by atoms with Crippen LogP contribution in [0.2, 0.25) is 0 Å². The number of amides is 3. The van der Waals surface area contributed by atoms with Crippen molar-refractivity contribution < 1.29 is 24.2 Å². The summed E-state index contributed by atoms with van der Waals surface area (Å²) in [7, 11) is 0. The van der Waals surface area contributed by atoms with Gasteiger partial charge >= 0.3 is 0 Å². The maximum Gasteiger partial charge on any atom is 0.274 e. The number of aromatic nitrogens is 2. The Morgan fingerprint density at radius 1 is 0.977 bits per heavy atom. The number of nitrogen functional groups attached to an aromatic ring is 1. The molecule has 3 aromatic carbocycles. The fourth-order valence-electron chi connectivity index (χ4n) is 6.03. The summed E-state index contributed by atoms with van der Waals surface area (Å²) < 4.78 is 5.36. The van der Waals surface area contributed by atoms with Crippen molar-refractivity contribution in [2.24, 2.45) is 0 Å². The van der Waals surface area contributed by atoms with Crippen LogP contribution in [0.3, 0.4) is 0 Å². The molecule has 0 unspecified atom stereocenters. The largest absolute Gasteiger partial charge is 0.506 e. The molecular formula is C32H29ClN6O5. The number of carbonyl (C=O) groups is 3. The Hall–Kier alpha value is -5.00. The van der Waals surface area contributed by atoms with Gasteiger partial charge < -0.3 is 40.7 Å². The van der Waals surface area contributed by atoms with Gasteiger partial charge in [-0.25, -0.2) is 0 Å². The first-order valence-corrected chi connectivity index (χ1v) is 14.8. The summed E-state index contributed by atoms with van der Waals surface area (Å²) in [6.07, 6.45) is 0. The van der Waals surface area contributed by atoms with E-state index in [-0.39, 0.29) is 35.3 Å². The number of nitrogens with zero attached hydrogens (tertiary/aromatic N) is 2. The van der Waals surface area contributed by atoms with E-state index in [4.69, 9.17) is 22.1 Å². The minimum atomic E-state index is -0.290. The van der Waals surface area contributed by atoms with E-state index in [9.17, 15) is 19.5 Å². The van der Waals surface area contributed by atoms with Gasteiger partial charge in [-0.1, -0.05) is 0 Å². The van der Waals surface area contributed by atoms with Crippen molar-refractivity contribution in [1.82, 2.24) is 14.9 Å². The Morgan fingerprint density at radius 3 is 2.48 bits per heavy atom. The molecule has 0 aliphatic carbocycles. The number of nitrogens with two attached hydrogens (primary N) is 1. The number of morpholine rings is 1. The number of carbonyl (C=O) groups excluding carboxylic acids is 3. The smallest absolute Gasteiger partial charge is 0.274 e. The fraction of sp³-hybridized carbons (Fsp3) is 0.219. The van der Waals surface area contributed by atoms with Gasteiger partial charge in [0.1, 0.15) is 17.1 Å². The number of anilines is 3. The zero-order chi connectivity index (χ0) is 30.5. The maximum atomic E-state index is 13.9. The van der Waals surface area contributed by atoms with Crippen molar-refractivity contribution in [3.63, 3.8) is 0 Å². The predicted molar refractivity (Wildman–Crippen MR) is 169 cm³/mol. The van der Waals surface area contributed by atoms with E-state index in [0.29, 0.717) is 77.8 Å². The Labute approximate surface area is 256 Å². The molecule has 2 aromatic heterocycles. The molecule has 7 rings (SSSR count). The molecular weight excluding hydrogens is 584 g/mol. The van der Waals surface area contributed by atoms with Gasteiger partial charge in [0.05, 0.1) is 24.4 Å². The molecule has 11 nitrogen and oxygen atoms in total. The Morgan fingerprint density at radius 2 is 1.73 bits per heavy atom. The highest BCUT2D eigenvalue weighted by Gasteiger charge is 2.36. The van der Waals surface area contributed by atoms with Gasteiger partial charge in [-0.05, 0) is 60.2 Å². The molecule has 1 atom stereocenters. The molecule has 5 aromatic rings. The molecule has 12 heteroatoms. The highest BCUT2D eigenvalue weighted by atomic mass is 35.5. The molecule has 0 spiro atoms. The minimum absolute atomic E-state index is 0.0640. The lowest BCUT2D eigenvalue weighted by Crippen LogP contribution is -2.40. The number of hydrogen-bond donors (Lipinski definition) is 5. The minimum Gasteiger partial charge on any atom is -0.506 e. The third-order valence-electron chi connectivity index (χ3n) is 8.26. The third-order valence-corrected chi connectivity index (χ3v) is 8.63. The van der Waals surface area contributed by atoms with Crippen molar-refractivity contribution >= 4 is 68.2 Å². The van der Waals surface area contributed by atoms with Crippen LogP contribution in [0, 0.1) is 0 Å². The number of rotatable bonds is 5. The van der Waals surface area contributed by atoms with E-state index in [2.05, 4.69) is 15.3 Å². The number of fused-ring (bicyclic) bond motifs is 4. The normalized spacial score (nSPS) is 16.4. The SMILES string of the molecule is Nc1ccc(C(=O)Nc2ccc3[nH]c(C(=O)N4C[C@@H](CCl)c5c4cc(O)c4[nH]c(C(=O)N6CCOCC6)cc54)cc3c2)cc1. The van der Waals surface area contributed by atoms with Gasteiger partial charge in [0.2, 0.25) is 0 Å². The number of aromatic hydroxyl groups is 1. The van der Waals surface area contributed by atoms with E-state index in [1.54, 1.807) is 70.5 Å². The topological polar surface area (TPSA) is 157 Å². The predicted octanol–water partition coefficient (Wildman–Crippen LogP) is 4.64. The first-order chi connectivity index (χ1) is 21.3. The number of hydrogen-bond acceptors (Lipinski definition) is 6. The summed E-state index contributed by atoms with van der Waals surface area (Å²) in [5, 5.41) is 15.3. The number of halogens is 1. The quantitative estimate of drug-likeness (QED) is 0.144. The van der Waals surface area contributed by atoms with E-state index >= 15 is 0 Å². The highest BCUT2D eigenvalue weighted by molar-refractivity contribution is 6.19. The van der Waals surface area contributed by atoms with Crippen LogP contribution >= 0.6 is 11.6 Å². The second-order valence-electron chi connectivity index (χ2n) is 11.0. The van der Waals surface area contributed by atoms with Gasteiger partial charge in [-0.2, -0.15) is 0 Å². The number of H-pyrrole nitrogens is 2. The molecule has 2 aliphatic heterocycles. The van der Waals surface area contributed by atoms with Crippen molar-refractivity contribution in [3.8, 4) is 5.75 Å². The summed E-state index contributed by atoms with van der Waals surface area (Å²) in [6.45, 7) is 2.25. The second kappa shape index (κ2) is 10.9. The molecule has 6 N–H and O–H groups in total. The molecule has 44 heavy (non-hydrogen) atoms. The number of benzene rings is 3. The van der Waals surface area contributed by atoms with Crippen LogP contribution in [0.5, 0.6) is 5.75 Å². The second-order valence-corrected chi connectivity index (χ2v) is 11.3. The zero-order valence-electron chi connectivity index (χ0n) is 23.5. The molecule has 4 heterocycles. The molecule has 2 aliphatic rings. The first-order valence-electron chi connectivity index (χ1n) is 14.2. The van der Waals surface area contributed by atoms with Crippen molar-refractivity contribution in [2.45, 2.75) is 5.92 Å². The lowest BCUT2D eigenvalue weighted by atomic mass is 9.98. The average Bonchev–Trinajstić information content (AvgIpc) is 3.76. The summed E-state index contributed by atoms with van der Waals surface area (Å²) in [5.74, 6) is -0.762. The summed E-state index contributed by atoms with van der Waals surface area (Å²) in [5.41, 5.74) is 10.6. The van der Waals surface area contributed by atoms with Crippen LogP contribution in [0.4, 0.5) is 17.1 Å². The van der Waals surface area contributed by atoms with E-state index < -0.39 is 0 Å². The van der Waals surface area contributed by atoms with Crippen molar-refractivity contribution in [2.75, 3.05) is 54.7 Å². The molecule has 0 radical (unpaired) electrons. The Bertz CT molecular complexity index is 1940. The molecule has 0 bridgehead atoms. The van der Waals surface area contributed by atoms with E-state index in [1.165, 1.54) is 0 Å². The average molecular weight is 613 g/mol. The summed E-state index contributed by atoms with van der Waals surface area (Å²) in [6, 6.07) is 17.0. The van der Waals surface area contributed by atoms with Crippen LogP contribution in [0.25, 0.3) is 21.8 Å². The van der Waals surface area contributed by atoms with Crippen LogP contribution in [0.1, 0.15) is 42.8 Å². The maximum absolute atomic E-state index is 13.9. The molecule has 0 saturated carbocycles. The third kappa shape index (κ3) is 4.80. The number of ether oxygens (including phenoxy) is 1. The van der Waals surface area contributed by atoms with Crippen molar-refractivity contribution in [1.29, 1.82) is 0 Å². The number of phenolic OH excluding ortho intramolecular Hbond substituents is 1. The van der Waals surface area contributed by atoms with Gasteiger partial charge in [-0.15, -0.1) is 11.6 Å². The van der Waals surface area contributed by atoms with E-state index in [0.717, 1.165) is 16.5 Å². The van der Waals surface area contributed by atoms with E-state index in [1.807, 2.05) is 0 Å². The fourth-order valence-corrected chi connectivity index (χ4v) is 6.28. The number of phenols is 1. The standard InChI is InChI=1S/C32H29ClN6O5/c33-15-19-16-39(26-14-27(40)29-22(28(19)26)13-25(37-29)31(42)38-7-9-44-10-8-38)32(43)24-12-18-11-21(5-6-23(18)36-24)35-30(41)17-1-3-20(34)4-2-17/h1-6,11-14,19,36-37,40H,7-10,15-16,34H2,(H,35,41)/t19-/m1/s1. The molecule has 1 fully saturated rings. The molecule has 224 valence electrons. The monoisotopic (exact) mass is 612 g/mol. The van der Waals surface area contributed by atoms with Gasteiger partial charge in [0.15, 0.2) is 0 Å². The number of aromatic amines is 2. The van der Waals surface area contributed by atoms with Crippen molar-refractivity contribution in [3.05, 3.63) is 83.2 Å². The summed E-state index contributed by atoms with van der Waals surface area (Å²) >= 11 is 6.41. The van der Waals surface area contributed by atoms with Crippen LogP contribution in [0.15, 0.2) is 60.7 Å². The molecule has 1 saturated heterocycles. The van der Waals surface area contributed by atoms with Gasteiger partial charge in [-0.3, -0.25) is 14.4 Å². The zero-order valence-corrected chi connectivity index (χ0v) is 24.3. The lowest BCUT2D eigenvalue weighted by Gasteiger charge is -2.26. The Kier molecular flexibility index (Phi) is 6.91. The Balaban J connectivity index is 1.18. The highest BCUT2D eigenvalue weighted by Crippen LogP contribution is 2.46. The lowest BCUT2D eigenvalue weighted by molar-refractivity contribution is 0.0299. The molecule has 3 amide bonds. The number of nitrogens with one attached hydrogen (secondary N) is 3. The van der Waals surface area contributed by atoms with Gasteiger partial charge in [0, 0.05) is 70.7 Å².